The van der Waals surface area contributed by atoms with Gasteiger partial charge in [-0.25, -0.2) is 10.2 Å². The van der Waals surface area contributed by atoms with Crippen molar-refractivity contribution in [3.8, 4) is 0 Å². The van der Waals surface area contributed by atoms with Gasteiger partial charge >= 0.3 is 0 Å². The summed E-state index contributed by atoms with van der Waals surface area (Å²) in [6.45, 7) is 0. The summed E-state index contributed by atoms with van der Waals surface area (Å²) < 4.78 is 13.8. The Balaban J connectivity index is 2.90. The van der Waals surface area contributed by atoms with Gasteiger partial charge in [-0.15, -0.1) is 0 Å². The summed E-state index contributed by atoms with van der Waals surface area (Å²) in [5.74, 6) is 3.97. The van der Waals surface area contributed by atoms with Crippen molar-refractivity contribution in [2.45, 2.75) is 0 Å². The van der Waals surface area contributed by atoms with Gasteiger partial charge in [-0.1, -0.05) is 15.9 Å². The first-order valence-electron chi connectivity index (χ1n) is 3.77. The minimum atomic E-state index is -0.482. The summed E-state index contributed by atoms with van der Waals surface area (Å²) in [7, 11) is 0. The largest absolute Gasteiger partial charge is 0.291 e. The molecule has 0 aliphatic rings. The van der Waals surface area contributed by atoms with Gasteiger partial charge in [0.1, 0.15) is 5.82 Å². The molecule has 74 valence electrons. The quantitative estimate of drug-likeness (QED) is 0.367. The fourth-order valence-electron chi connectivity index (χ4n) is 0.856. The number of carbonyl (C=O) groups excluding carboxylic acids is 1. The van der Waals surface area contributed by atoms with E-state index in [1.807, 2.05) is 5.43 Å². The van der Waals surface area contributed by atoms with Crippen molar-refractivity contribution in [3.63, 3.8) is 0 Å². The van der Waals surface area contributed by atoms with Crippen LogP contribution in [0.2, 0.25) is 0 Å². The zero-order chi connectivity index (χ0) is 10.6. The van der Waals surface area contributed by atoms with Crippen molar-refractivity contribution in [2.75, 3.05) is 0 Å². The van der Waals surface area contributed by atoms with Crippen LogP contribution < -0.4 is 11.3 Å². The number of amides is 1. The van der Waals surface area contributed by atoms with Crippen LogP contribution in [-0.4, -0.2) is 5.91 Å². The normalized spacial score (nSPS) is 10.5. The molecule has 1 aromatic rings. The van der Waals surface area contributed by atoms with Crippen LogP contribution in [0.3, 0.4) is 0 Å². The maximum Gasteiger partial charge on any atom is 0.257 e. The van der Waals surface area contributed by atoms with Crippen molar-refractivity contribution in [1.29, 1.82) is 0 Å². The predicted molar refractivity (Wildman–Crippen MR) is 55.5 cm³/mol. The van der Waals surface area contributed by atoms with E-state index >= 15 is 0 Å². The molecule has 0 unspecified atom stereocenters. The van der Waals surface area contributed by atoms with Crippen LogP contribution in [0.15, 0.2) is 28.7 Å². The Kier molecular flexibility index (Phi) is 3.79. The zero-order valence-corrected chi connectivity index (χ0v) is 8.71. The predicted octanol–water partition coefficient (Wildman–Crippen LogP) is 1.59. The number of halogens is 2. The van der Waals surface area contributed by atoms with E-state index in [1.165, 1.54) is 12.1 Å². The van der Waals surface area contributed by atoms with Gasteiger partial charge in [0.2, 0.25) is 0 Å². The van der Waals surface area contributed by atoms with E-state index in [0.717, 1.165) is 10.5 Å². The summed E-state index contributed by atoms with van der Waals surface area (Å²) >= 11 is 3.19. The lowest BCUT2D eigenvalue weighted by atomic mass is 10.2. The highest BCUT2D eigenvalue weighted by Crippen LogP contribution is 2.16. The van der Waals surface area contributed by atoms with E-state index in [1.54, 1.807) is 12.1 Å². The van der Waals surface area contributed by atoms with Crippen molar-refractivity contribution in [2.24, 2.45) is 5.84 Å². The van der Waals surface area contributed by atoms with Gasteiger partial charge < -0.3 is 0 Å². The molecule has 0 spiro atoms. The number of rotatable bonds is 2. The molecule has 0 aliphatic heterocycles. The van der Waals surface area contributed by atoms with Crippen LogP contribution in [0.4, 0.5) is 4.39 Å². The van der Waals surface area contributed by atoms with Crippen LogP contribution in [-0.2, 0) is 4.79 Å². The molecule has 1 rings (SSSR count). The van der Waals surface area contributed by atoms with Gasteiger partial charge in [0.15, 0.2) is 0 Å². The first kappa shape index (κ1) is 10.9. The summed E-state index contributed by atoms with van der Waals surface area (Å²) in [5, 5.41) is 0. The van der Waals surface area contributed by atoms with Crippen LogP contribution in [0, 0.1) is 5.82 Å². The van der Waals surface area contributed by atoms with Crippen LogP contribution in [0.25, 0.3) is 6.08 Å². The smallest absolute Gasteiger partial charge is 0.257 e. The second-order valence-electron chi connectivity index (χ2n) is 2.51. The van der Waals surface area contributed by atoms with Crippen LogP contribution in [0.1, 0.15) is 5.56 Å². The molecule has 0 aromatic heterocycles. The highest BCUT2D eigenvalue weighted by atomic mass is 79.9. The van der Waals surface area contributed by atoms with Gasteiger partial charge in [0, 0.05) is 16.1 Å². The summed E-state index contributed by atoms with van der Waals surface area (Å²) in [4.78, 5) is 10.7. The monoisotopic (exact) mass is 258 g/mol. The Bertz CT molecular complexity index is 379. The van der Waals surface area contributed by atoms with Crippen LogP contribution in [0.5, 0.6) is 0 Å². The maximum atomic E-state index is 13.1. The van der Waals surface area contributed by atoms with E-state index < -0.39 is 11.7 Å². The highest BCUT2D eigenvalue weighted by molar-refractivity contribution is 9.10. The van der Waals surface area contributed by atoms with E-state index in [4.69, 9.17) is 5.84 Å². The van der Waals surface area contributed by atoms with Gasteiger partial charge in [0.05, 0.1) is 0 Å². The average Bonchev–Trinajstić information content (AvgIpc) is 2.19. The number of hydrogen-bond donors (Lipinski definition) is 2. The van der Waals surface area contributed by atoms with Crippen molar-refractivity contribution in [3.05, 3.63) is 40.1 Å². The third-order valence-corrected chi connectivity index (χ3v) is 2.01. The van der Waals surface area contributed by atoms with Gasteiger partial charge in [-0.05, 0) is 24.3 Å². The molecule has 0 radical (unpaired) electrons. The molecule has 0 fully saturated rings. The molecule has 0 aliphatic carbocycles. The first-order chi connectivity index (χ1) is 6.63. The molecule has 0 saturated carbocycles. The Hall–Kier alpha value is -1.20. The Morgan fingerprint density at radius 2 is 2.29 bits per heavy atom. The first-order valence-corrected chi connectivity index (χ1v) is 4.56. The third kappa shape index (κ3) is 2.93. The summed E-state index contributed by atoms with van der Waals surface area (Å²) in [6, 6.07) is 4.45. The number of hydrazine groups is 1. The Morgan fingerprint density at radius 1 is 1.57 bits per heavy atom. The minimum absolute atomic E-state index is 0.322. The lowest BCUT2D eigenvalue weighted by molar-refractivity contribution is -0.116. The Labute approximate surface area is 88.9 Å². The summed E-state index contributed by atoms with van der Waals surface area (Å²) in [6.07, 6.45) is 2.51. The van der Waals surface area contributed by atoms with Crippen molar-refractivity contribution < 1.29 is 9.18 Å². The topological polar surface area (TPSA) is 55.1 Å². The molecule has 3 N–H and O–H groups in total. The fourth-order valence-corrected chi connectivity index (χ4v) is 1.23. The second kappa shape index (κ2) is 4.88. The van der Waals surface area contributed by atoms with E-state index in [0.29, 0.717) is 5.56 Å². The molecule has 1 aromatic carbocycles. The van der Waals surface area contributed by atoms with E-state index in [-0.39, 0.29) is 0 Å². The minimum Gasteiger partial charge on any atom is -0.291 e. The molecule has 3 nitrogen and oxygen atoms in total. The number of nitrogens with one attached hydrogen (secondary N) is 1. The van der Waals surface area contributed by atoms with E-state index in [2.05, 4.69) is 15.9 Å². The fraction of sp³-hybridized carbons (Fsp3) is 0. The third-order valence-electron chi connectivity index (χ3n) is 1.51. The molecule has 14 heavy (non-hydrogen) atoms. The lowest BCUT2D eigenvalue weighted by Crippen LogP contribution is -2.27. The van der Waals surface area contributed by atoms with Crippen molar-refractivity contribution in [1.82, 2.24) is 5.43 Å². The number of carbonyl (C=O) groups is 1. The average molecular weight is 259 g/mol. The maximum absolute atomic E-state index is 13.1. The molecule has 5 heteroatoms. The van der Waals surface area contributed by atoms with Gasteiger partial charge in [-0.3, -0.25) is 10.2 Å². The Morgan fingerprint density at radius 3 is 2.93 bits per heavy atom. The molecular formula is C9H8BrFN2O. The van der Waals surface area contributed by atoms with Crippen molar-refractivity contribution >= 4 is 27.9 Å². The molecule has 0 bridgehead atoms. The number of nitrogens with two attached hydrogens (primary N) is 1. The highest BCUT2D eigenvalue weighted by Gasteiger charge is 1.99. The van der Waals surface area contributed by atoms with Gasteiger partial charge in [0.25, 0.3) is 5.91 Å². The van der Waals surface area contributed by atoms with E-state index in [9.17, 15) is 9.18 Å². The zero-order valence-electron chi connectivity index (χ0n) is 7.13. The number of benzene rings is 1. The molecule has 1 amide bonds. The molecule has 0 heterocycles. The summed E-state index contributed by atoms with van der Waals surface area (Å²) in [5.41, 5.74) is 2.23. The number of hydrogen-bond acceptors (Lipinski definition) is 2. The standard InChI is InChI=1S/C9H8BrFN2O/c10-7-2-3-8(11)6(5-7)1-4-9(14)13-12/h1-5H,12H2,(H,13,14)/b4-1+. The SMILES string of the molecule is NNC(=O)/C=C/c1cc(Br)ccc1F. The molecular weight excluding hydrogens is 251 g/mol. The van der Waals surface area contributed by atoms with Crippen LogP contribution >= 0.6 is 15.9 Å². The molecule has 0 atom stereocenters. The molecule has 0 saturated heterocycles. The van der Waals surface area contributed by atoms with Gasteiger partial charge in [-0.2, -0.15) is 0 Å². The lowest BCUT2D eigenvalue weighted by Gasteiger charge is -1.97. The second-order valence-corrected chi connectivity index (χ2v) is 3.42.